The number of hydrogen-bond donors (Lipinski definition) is 1. The van der Waals surface area contributed by atoms with Gasteiger partial charge in [-0.25, -0.2) is 4.39 Å². The topological polar surface area (TPSA) is 69.6 Å². The first kappa shape index (κ1) is 11.9. The number of hydrogen-bond acceptors (Lipinski definition) is 4. The Morgan fingerprint density at radius 1 is 1.53 bits per heavy atom. The zero-order chi connectivity index (χ0) is 12.4. The fourth-order valence-electron chi connectivity index (χ4n) is 1.51. The van der Waals surface area contributed by atoms with Crippen LogP contribution < -0.4 is 5.73 Å². The van der Waals surface area contributed by atoms with Crippen molar-refractivity contribution in [2.24, 2.45) is 12.8 Å². The lowest BCUT2D eigenvalue weighted by atomic mass is 10.0. The van der Waals surface area contributed by atoms with Gasteiger partial charge in [-0.15, -0.1) is 10.2 Å². The molecule has 0 fully saturated rings. The van der Waals surface area contributed by atoms with Gasteiger partial charge in [-0.3, -0.25) is 0 Å². The zero-order valence-electron chi connectivity index (χ0n) is 9.14. The molecule has 17 heavy (non-hydrogen) atoms. The predicted octanol–water partition coefficient (Wildman–Crippen LogP) is 1.25. The van der Waals surface area contributed by atoms with E-state index in [9.17, 15) is 4.39 Å². The van der Waals surface area contributed by atoms with Gasteiger partial charge in [0, 0.05) is 23.0 Å². The molecular formula is C10H11ClFN5. The van der Waals surface area contributed by atoms with Crippen molar-refractivity contribution < 1.29 is 4.39 Å². The maximum atomic E-state index is 13.6. The second-order valence-corrected chi connectivity index (χ2v) is 4.11. The maximum absolute atomic E-state index is 13.6. The molecule has 5 nitrogen and oxygen atoms in total. The van der Waals surface area contributed by atoms with Crippen LogP contribution in [-0.2, 0) is 13.5 Å². The monoisotopic (exact) mass is 255 g/mol. The van der Waals surface area contributed by atoms with E-state index in [4.69, 9.17) is 17.3 Å². The minimum Gasteiger partial charge on any atom is -0.323 e. The molecule has 0 amide bonds. The van der Waals surface area contributed by atoms with E-state index in [2.05, 4.69) is 15.4 Å². The number of nitrogens with zero attached hydrogens (tertiary/aromatic N) is 4. The van der Waals surface area contributed by atoms with Crippen LogP contribution in [0.3, 0.4) is 0 Å². The lowest BCUT2D eigenvalue weighted by molar-refractivity contribution is 0.573. The molecule has 2 N–H and O–H groups in total. The number of tetrazole rings is 1. The molecule has 0 aliphatic rings. The Hall–Kier alpha value is -1.53. The number of aromatic nitrogens is 4. The molecule has 0 bridgehead atoms. The molecule has 0 spiro atoms. The highest BCUT2D eigenvalue weighted by Crippen LogP contribution is 2.21. The number of aryl methyl sites for hydroxylation is 1. The summed E-state index contributed by atoms with van der Waals surface area (Å²) >= 11 is 5.67. The van der Waals surface area contributed by atoms with Gasteiger partial charge in [-0.05, 0) is 17.3 Å². The maximum Gasteiger partial charge on any atom is 0.176 e. The summed E-state index contributed by atoms with van der Waals surface area (Å²) in [5, 5.41) is 11.8. The molecule has 7 heteroatoms. The predicted molar refractivity (Wildman–Crippen MR) is 60.8 cm³/mol. The van der Waals surface area contributed by atoms with Crippen LogP contribution in [0.2, 0.25) is 5.02 Å². The molecule has 0 saturated heterocycles. The van der Waals surface area contributed by atoms with Crippen LogP contribution in [0.4, 0.5) is 4.39 Å². The van der Waals surface area contributed by atoms with E-state index in [1.165, 1.54) is 10.9 Å². The second-order valence-electron chi connectivity index (χ2n) is 3.67. The van der Waals surface area contributed by atoms with Gasteiger partial charge < -0.3 is 5.73 Å². The summed E-state index contributed by atoms with van der Waals surface area (Å²) in [6.07, 6.45) is 0.326. The van der Waals surface area contributed by atoms with Crippen molar-refractivity contribution in [1.29, 1.82) is 0 Å². The summed E-state index contributed by atoms with van der Waals surface area (Å²) in [4.78, 5) is 1.33. The molecule has 1 aromatic heterocycles. The lowest BCUT2D eigenvalue weighted by Crippen LogP contribution is -2.16. The van der Waals surface area contributed by atoms with Crippen molar-refractivity contribution >= 4 is 11.6 Å². The van der Waals surface area contributed by atoms with Gasteiger partial charge >= 0.3 is 0 Å². The Bertz CT molecular complexity index is 527. The van der Waals surface area contributed by atoms with E-state index in [1.807, 2.05) is 0 Å². The summed E-state index contributed by atoms with van der Waals surface area (Å²) in [6.45, 7) is 0. The SMILES string of the molecule is Cn1nnc(CC(N)c2ccc(Cl)cc2F)n1. The summed E-state index contributed by atoms with van der Waals surface area (Å²) in [5.41, 5.74) is 6.28. The van der Waals surface area contributed by atoms with Crippen LogP contribution in [0.15, 0.2) is 18.2 Å². The van der Waals surface area contributed by atoms with Gasteiger partial charge in [0.1, 0.15) is 5.82 Å². The van der Waals surface area contributed by atoms with Crippen LogP contribution in [0.5, 0.6) is 0 Å². The number of nitrogens with two attached hydrogens (primary N) is 1. The first-order chi connectivity index (χ1) is 8.06. The van der Waals surface area contributed by atoms with Crippen LogP contribution in [-0.4, -0.2) is 20.2 Å². The average Bonchev–Trinajstić information content (AvgIpc) is 2.63. The third-order valence-corrected chi connectivity index (χ3v) is 2.55. The van der Waals surface area contributed by atoms with E-state index < -0.39 is 11.9 Å². The van der Waals surface area contributed by atoms with E-state index in [0.29, 0.717) is 22.8 Å². The quantitative estimate of drug-likeness (QED) is 0.896. The van der Waals surface area contributed by atoms with Crippen molar-refractivity contribution in [2.45, 2.75) is 12.5 Å². The van der Waals surface area contributed by atoms with Crippen LogP contribution >= 0.6 is 11.6 Å². The van der Waals surface area contributed by atoms with Crippen molar-refractivity contribution in [2.75, 3.05) is 0 Å². The third kappa shape index (κ3) is 2.78. The third-order valence-electron chi connectivity index (χ3n) is 2.31. The molecular weight excluding hydrogens is 245 g/mol. The summed E-state index contributed by atoms with van der Waals surface area (Å²) in [7, 11) is 1.66. The molecule has 0 radical (unpaired) electrons. The zero-order valence-corrected chi connectivity index (χ0v) is 9.89. The van der Waals surface area contributed by atoms with E-state index in [-0.39, 0.29) is 0 Å². The van der Waals surface area contributed by atoms with E-state index in [0.717, 1.165) is 0 Å². The molecule has 0 aliphatic carbocycles. The van der Waals surface area contributed by atoms with E-state index >= 15 is 0 Å². The highest BCUT2D eigenvalue weighted by atomic mass is 35.5. The molecule has 90 valence electrons. The lowest BCUT2D eigenvalue weighted by Gasteiger charge is -2.10. The normalized spacial score (nSPS) is 12.7. The van der Waals surface area contributed by atoms with Crippen molar-refractivity contribution in [1.82, 2.24) is 20.2 Å². The Balaban J connectivity index is 2.17. The highest BCUT2D eigenvalue weighted by Gasteiger charge is 2.14. The smallest absolute Gasteiger partial charge is 0.176 e. The minimum absolute atomic E-state index is 0.326. The second kappa shape index (κ2) is 4.77. The van der Waals surface area contributed by atoms with Crippen molar-refractivity contribution in [3.63, 3.8) is 0 Å². The van der Waals surface area contributed by atoms with Gasteiger partial charge in [0.25, 0.3) is 0 Å². The largest absolute Gasteiger partial charge is 0.323 e. The van der Waals surface area contributed by atoms with Crippen LogP contribution in [0.1, 0.15) is 17.4 Å². The van der Waals surface area contributed by atoms with Gasteiger partial charge in [-0.1, -0.05) is 17.7 Å². The summed E-state index contributed by atoms with van der Waals surface area (Å²) < 4.78 is 13.6. The summed E-state index contributed by atoms with van der Waals surface area (Å²) in [6, 6.07) is 3.89. The first-order valence-corrected chi connectivity index (χ1v) is 5.37. The molecule has 1 aromatic carbocycles. The minimum atomic E-state index is -0.517. The molecule has 2 aromatic rings. The van der Waals surface area contributed by atoms with Crippen LogP contribution in [0.25, 0.3) is 0 Å². The highest BCUT2D eigenvalue weighted by molar-refractivity contribution is 6.30. The fraction of sp³-hybridized carbons (Fsp3) is 0.300. The Morgan fingerprint density at radius 2 is 2.29 bits per heavy atom. The molecule has 1 unspecified atom stereocenters. The van der Waals surface area contributed by atoms with Gasteiger partial charge in [0.05, 0.1) is 7.05 Å². The van der Waals surface area contributed by atoms with Crippen molar-refractivity contribution in [3.8, 4) is 0 Å². The fourth-order valence-corrected chi connectivity index (χ4v) is 1.67. The summed E-state index contributed by atoms with van der Waals surface area (Å²) in [5.74, 6) is 0.0586. The van der Waals surface area contributed by atoms with E-state index in [1.54, 1.807) is 19.2 Å². The number of halogens is 2. The van der Waals surface area contributed by atoms with Gasteiger partial charge in [0.15, 0.2) is 5.82 Å². The van der Waals surface area contributed by atoms with Gasteiger partial charge in [-0.2, -0.15) is 4.80 Å². The van der Waals surface area contributed by atoms with Gasteiger partial charge in [0.2, 0.25) is 0 Å². The Labute approximate surface area is 102 Å². The average molecular weight is 256 g/mol. The van der Waals surface area contributed by atoms with Crippen LogP contribution in [0, 0.1) is 5.82 Å². The first-order valence-electron chi connectivity index (χ1n) is 4.99. The Morgan fingerprint density at radius 3 is 2.88 bits per heavy atom. The Kier molecular flexibility index (Phi) is 3.35. The molecule has 2 rings (SSSR count). The molecule has 1 atom stereocenters. The van der Waals surface area contributed by atoms with Crippen molar-refractivity contribution in [3.05, 3.63) is 40.4 Å². The molecule has 0 saturated carbocycles. The standard InChI is InChI=1S/C10H11ClFN5/c1-17-15-10(14-16-17)5-9(13)7-3-2-6(11)4-8(7)12/h2-4,9H,5,13H2,1H3. The molecule has 0 aliphatic heterocycles. The molecule has 1 heterocycles. The number of benzene rings is 1. The number of rotatable bonds is 3.